The third-order valence-electron chi connectivity index (χ3n) is 5.53. The van der Waals surface area contributed by atoms with Gasteiger partial charge in [-0.05, 0) is 44.0 Å². The van der Waals surface area contributed by atoms with Crippen LogP contribution in [0.2, 0.25) is 0 Å². The number of methoxy groups -OCH3 is 3. The fourth-order valence-electron chi connectivity index (χ4n) is 3.87. The van der Waals surface area contributed by atoms with Gasteiger partial charge in [0.2, 0.25) is 21.7 Å². The van der Waals surface area contributed by atoms with Gasteiger partial charge in [0.15, 0.2) is 11.5 Å². The van der Waals surface area contributed by atoms with Crippen molar-refractivity contribution in [1.29, 1.82) is 0 Å². The maximum atomic E-state index is 13.1. The molecule has 0 aliphatic carbocycles. The summed E-state index contributed by atoms with van der Waals surface area (Å²) < 4.78 is 43.7. The monoisotopic (exact) mass is 478 g/mol. The van der Waals surface area contributed by atoms with Gasteiger partial charge in [0, 0.05) is 32.3 Å². The molecule has 180 valence electrons. The van der Waals surface area contributed by atoms with Crippen molar-refractivity contribution in [2.45, 2.75) is 25.2 Å². The number of H-pyrrole nitrogens is 1. The Morgan fingerprint density at radius 2 is 1.70 bits per heavy atom. The molecule has 0 spiro atoms. The molecule has 1 fully saturated rings. The van der Waals surface area contributed by atoms with Crippen molar-refractivity contribution in [2.75, 3.05) is 47.5 Å². The van der Waals surface area contributed by atoms with E-state index in [4.69, 9.17) is 14.2 Å². The van der Waals surface area contributed by atoms with Crippen molar-refractivity contribution in [3.8, 4) is 17.2 Å². The second-order valence-corrected chi connectivity index (χ2v) is 9.51. The number of ether oxygens (including phenoxy) is 3. The molecule has 1 aliphatic rings. The summed E-state index contributed by atoms with van der Waals surface area (Å²) in [5.41, 5.74) is 1.67. The molecule has 11 heteroatoms. The first kappa shape index (κ1) is 24.6. The van der Waals surface area contributed by atoms with Crippen LogP contribution in [-0.2, 0) is 14.8 Å². The van der Waals surface area contributed by atoms with Crippen LogP contribution in [0, 0.1) is 13.8 Å². The van der Waals surface area contributed by atoms with Crippen molar-refractivity contribution in [2.24, 2.45) is 0 Å². The van der Waals surface area contributed by atoms with E-state index in [0.717, 1.165) is 0 Å². The minimum absolute atomic E-state index is 0.196. The van der Waals surface area contributed by atoms with Crippen LogP contribution in [0.5, 0.6) is 17.2 Å². The third-order valence-corrected chi connectivity index (χ3v) is 7.69. The van der Waals surface area contributed by atoms with E-state index in [1.165, 1.54) is 31.7 Å². The van der Waals surface area contributed by atoms with Crippen molar-refractivity contribution >= 4 is 22.0 Å². The number of hydrogen-bond donors (Lipinski definition) is 1. The topological polar surface area (TPSA) is 114 Å². The lowest BCUT2D eigenvalue weighted by molar-refractivity contribution is -0.125. The van der Waals surface area contributed by atoms with E-state index in [0.29, 0.717) is 60.3 Å². The van der Waals surface area contributed by atoms with Crippen molar-refractivity contribution in [1.82, 2.24) is 19.4 Å². The minimum Gasteiger partial charge on any atom is -0.493 e. The number of aromatic amines is 1. The largest absolute Gasteiger partial charge is 0.493 e. The number of nitrogens with zero attached hydrogens (tertiary/aromatic N) is 3. The van der Waals surface area contributed by atoms with Gasteiger partial charge < -0.3 is 19.1 Å². The molecule has 1 aliphatic heterocycles. The van der Waals surface area contributed by atoms with E-state index in [1.54, 1.807) is 37.0 Å². The van der Waals surface area contributed by atoms with Gasteiger partial charge in [0.05, 0.1) is 32.7 Å². The molecule has 0 saturated carbocycles. The lowest BCUT2D eigenvalue weighted by Gasteiger charge is -2.21. The molecule has 2 aromatic rings. The Hall–Kier alpha value is -3.05. The van der Waals surface area contributed by atoms with Gasteiger partial charge in [0.25, 0.3) is 0 Å². The van der Waals surface area contributed by atoms with E-state index in [9.17, 15) is 13.2 Å². The summed E-state index contributed by atoms with van der Waals surface area (Å²) in [6.07, 6.45) is 3.68. The smallest absolute Gasteiger partial charge is 0.246 e. The van der Waals surface area contributed by atoms with Crippen LogP contribution >= 0.6 is 0 Å². The second kappa shape index (κ2) is 10.3. The van der Waals surface area contributed by atoms with Crippen LogP contribution in [0.3, 0.4) is 0 Å². The lowest BCUT2D eigenvalue weighted by Crippen LogP contribution is -2.37. The van der Waals surface area contributed by atoms with Gasteiger partial charge in [-0.2, -0.15) is 9.40 Å². The Balaban J connectivity index is 1.72. The van der Waals surface area contributed by atoms with E-state index in [2.05, 4.69) is 10.2 Å². The van der Waals surface area contributed by atoms with Gasteiger partial charge in [-0.1, -0.05) is 0 Å². The van der Waals surface area contributed by atoms with Crippen LogP contribution in [0.1, 0.15) is 23.4 Å². The van der Waals surface area contributed by atoms with Crippen molar-refractivity contribution in [3.05, 3.63) is 35.2 Å². The zero-order chi connectivity index (χ0) is 24.2. The Morgan fingerprint density at radius 3 is 2.24 bits per heavy atom. The molecule has 1 N–H and O–H groups in total. The SMILES string of the molecule is COc1cc(/C=C/C(=O)N2CCCN(S(=O)(=O)c3c(C)n[nH]c3C)CC2)cc(OC)c1OC. The van der Waals surface area contributed by atoms with E-state index in [-0.39, 0.29) is 17.3 Å². The average molecular weight is 479 g/mol. The number of carbonyl (C=O) groups excluding carboxylic acids is 1. The molecule has 3 rings (SSSR count). The maximum absolute atomic E-state index is 13.1. The summed E-state index contributed by atoms with van der Waals surface area (Å²) in [6.45, 7) is 4.68. The van der Waals surface area contributed by atoms with Gasteiger partial charge >= 0.3 is 0 Å². The van der Waals surface area contributed by atoms with Crippen LogP contribution < -0.4 is 14.2 Å². The third kappa shape index (κ3) is 5.14. The number of benzene rings is 1. The molecule has 0 bridgehead atoms. The van der Waals surface area contributed by atoms with Gasteiger partial charge in [-0.15, -0.1) is 0 Å². The average Bonchev–Trinajstić information content (AvgIpc) is 3.00. The molecule has 0 unspecified atom stereocenters. The molecule has 10 nitrogen and oxygen atoms in total. The summed E-state index contributed by atoms with van der Waals surface area (Å²) in [6, 6.07) is 3.49. The molecule has 0 radical (unpaired) electrons. The summed E-state index contributed by atoms with van der Waals surface area (Å²) in [4.78, 5) is 14.7. The first-order chi connectivity index (χ1) is 15.7. The summed E-state index contributed by atoms with van der Waals surface area (Å²) in [5, 5.41) is 6.73. The number of aryl methyl sites for hydroxylation is 2. The normalized spacial score (nSPS) is 15.5. The first-order valence-corrected chi connectivity index (χ1v) is 12.0. The molecule has 1 aromatic carbocycles. The molecule has 1 amide bonds. The summed E-state index contributed by atoms with van der Waals surface area (Å²) in [5.74, 6) is 1.26. The fourth-order valence-corrected chi connectivity index (χ4v) is 5.68. The van der Waals surface area contributed by atoms with Crippen LogP contribution in [-0.4, -0.2) is 81.2 Å². The Bertz CT molecular complexity index is 1100. The maximum Gasteiger partial charge on any atom is 0.246 e. The number of amides is 1. The van der Waals surface area contributed by atoms with Crippen LogP contribution in [0.15, 0.2) is 23.1 Å². The highest BCUT2D eigenvalue weighted by Gasteiger charge is 2.31. The standard InChI is InChI=1S/C22H30N4O6S/c1-15-22(16(2)24-23-15)33(28,29)26-10-6-9-25(11-12-26)20(27)8-7-17-13-18(30-3)21(32-5)19(14-17)31-4/h7-8,13-14H,6,9-12H2,1-5H3,(H,23,24)/b8-7+. The van der Waals surface area contributed by atoms with Crippen molar-refractivity contribution in [3.63, 3.8) is 0 Å². The highest BCUT2D eigenvalue weighted by Crippen LogP contribution is 2.38. The highest BCUT2D eigenvalue weighted by atomic mass is 32.2. The predicted octanol–water partition coefficient (Wildman–Crippen LogP) is 1.99. The molecular formula is C22H30N4O6S. The van der Waals surface area contributed by atoms with Crippen molar-refractivity contribution < 1.29 is 27.4 Å². The van der Waals surface area contributed by atoms with Crippen LogP contribution in [0.25, 0.3) is 6.08 Å². The van der Waals surface area contributed by atoms with Crippen LogP contribution in [0.4, 0.5) is 0 Å². The number of nitrogens with one attached hydrogen (secondary N) is 1. The lowest BCUT2D eigenvalue weighted by atomic mass is 10.1. The van der Waals surface area contributed by atoms with Gasteiger partial charge in [0.1, 0.15) is 4.90 Å². The number of aromatic nitrogens is 2. The number of rotatable bonds is 7. The second-order valence-electron chi connectivity index (χ2n) is 7.64. The molecule has 2 heterocycles. The summed E-state index contributed by atoms with van der Waals surface area (Å²) in [7, 11) is 0.894. The quantitative estimate of drug-likeness (QED) is 0.605. The number of hydrogen-bond acceptors (Lipinski definition) is 7. The van der Waals surface area contributed by atoms with E-state index < -0.39 is 10.0 Å². The van der Waals surface area contributed by atoms with Gasteiger partial charge in [-0.3, -0.25) is 9.89 Å². The number of carbonyl (C=O) groups is 1. The first-order valence-electron chi connectivity index (χ1n) is 10.5. The molecule has 33 heavy (non-hydrogen) atoms. The minimum atomic E-state index is -3.69. The zero-order valence-electron chi connectivity index (χ0n) is 19.5. The van der Waals surface area contributed by atoms with E-state index >= 15 is 0 Å². The predicted molar refractivity (Wildman–Crippen MR) is 123 cm³/mol. The molecule has 1 aromatic heterocycles. The Kier molecular flexibility index (Phi) is 7.65. The Morgan fingerprint density at radius 1 is 1.03 bits per heavy atom. The van der Waals surface area contributed by atoms with Gasteiger partial charge in [-0.25, -0.2) is 8.42 Å². The Labute approximate surface area is 194 Å². The molecular weight excluding hydrogens is 448 g/mol. The molecule has 0 atom stereocenters. The zero-order valence-corrected chi connectivity index (χ0v) is 20.4. The van der Waals surface area contributed by atoms with E-state index in [1.807, 2.05) is 0 Å². The number of sulfonamides is 1. The fraction of sp³-hybridized carbons (Fsp3) is 0.455. The highest BCUT2D eigenvalue weighted by molar-refractivity contribution is 7.89. The summed E-state index contributed by atoms with van der Waals surface area (Å²) >= 11 is 0. The molecule has 1 saturated heterocycles.